The highest BCUT2D eigenvalue weighted by molar-refractivity contribution is 7.46. The fourth-order valence-corrected chi connectivity index (χ4v) is 3.61. The van der Waals surface area contributed by atoms with Crippen molar-refractivity contribution >= 4 is 35.7 Å². The van der Waals surface area contributed by atoms with E-state index in [1.54, 1.807) is 0 Å². The number of unbranched alkanes of at least 4 members (excludes halogenated alkanes) is 2. The molecule has 0 saturated carbocycles. The number of aryl methyl sites for hydroxylation is 1. The lowest BCUT2D eigenvalue weighted by atomic mass is 10.1. The Morgan fingerprint density at radius 3 is 2.50 bits per heavy atom. The molecule has 0 atom stereocenters. The van der Waals surface area contributed by atoms with E-state index in [-0.39, 0.29) is 24.3 Å². The number of hydrogen-bond acceptors (Lipinski definition) is 7. The van der Waals surface area contributed by atoms with Crippen molar-refractivity contribution in [2.24, 2.45) is 0 Å². The summed E-state index contributed by atoms with van der Waals surface area (Å²) in [6.07, 6.45) is 1.38. The lowest BCUT2D eigenvalue weighted by Gasteiger charge is -2.16. The molecule has 0 fully saturated rings. The van der Waals surface area contributed by atoms with Gasteiger partial charge < -0.3 is 14.7 Å². The minimum absolute atomic E-state index is 0.0870. The van der Waals surface area contributed by atoms with E-state index in [4.69, 9.17) is 9.79 Å². The number of H-pyrrole nitrogens is 1. The molecule has 1 aromatic carbocycles. The molecule has 0 bridgehead atoms. The summed E-state index contributed by atoms with van der Waals surface area (Å²) < 4.78 is 16.1. The van der Waals surface area contributed by atoms with Crippen LogP contribution in [-0.4, -0.2) is 50.0 Å². The van der Waals surface area contributed by atoms with Crippen LogP contribution in [0.2, 0.25) is 0 Å². The van der Waals surface area contributed by atoms with Crippen LogP contribution >= 0.6 is 7.82 Å². The summed E-state index contributed by atoms with van der Waals surface area (Å²) in [5.74, 6) is 0. The number of aromatic nitrogens is 4. The maximum absolute atomic E-state index is 12.8. The van der Waals surface area contributed by atoms with Crippen molar-refractivity contribution < 1.29 is 18.9 Å². The van der Waals surface area contributed by atoms with Gasteiger partial charge >= 0.3 is 13.5 Å². The van der Waals surface area contributed by atoms with Gasteiger partial charge in [-0.05, 0) is 43.9 Å². The number of nitrogens with zero attached hydrogens (tertiary/aromatic N) is 4. The number of phosphoric acid groups is 1. The van der Waals surface area contributed by atoms with Crippen molar-refractivity contribution in [3.8, 4) is 0 Å². The third-order valence-corrected chi connectivity index (χ3v) is 5.19. The number of aromatic amines is 1. The molecule has 3 rings (SSSR count). The molecule has 0 aliphatic rings. The fraction of sp³-hybridized carbons (Fsp3) is 0.444. The number of fused-ring (bicyclic) bond motifs is 2. The normalized spacial score (nSPS) is 12.0. The molecule has 162 valence electrons. The Bertz CT molecular complexity index is 1250. The molecule has 0 amide bonds. The molecule has 11 nitrogen and oxygen atoms in total. The molecule has 30 heavy (non-hydrogen) atoms. The predicted molar refractivity (Wildman–Crippen MR) is 113 cm³/mol. The van der Waals surface area contributed by atoms with Gasteiger partial charge in [-0.25, -0.2) is 19.3 Å². The van der Waals surface area contributed by atoms with E-state index in [9.17, 15) is 14.2 Å². The molecular weight excluding hydrogens is 413 g/mol. The fourth-order valence-electron chi connectivity index (χ4n) is 3.24. The maximum Gasteiger partial charge on any atom is 0.469 e. The van der Waals surface area contributed by atoms with Crippen LogP contribution in [0, 0.1) is 6.92 Å². The zero-order valence-electron chi connectivity index (χ0n) is 17.0. The van der Waals surface area contributed by atoms with Crippen molar-refractivity contribution in [2.75, 3.05) is 25.6 Å². The van der Waals surface area contributed by atoms with E-state index in [0.717, 1.165) is 15.8 Å². The number of nitrogens with one attached hydrogen (secondary N) is 1. The Morgan fingerprint density at radius 1 is 1.13 bits per heavy atom. The summed E-state index contributed by atoms with van der Waals surface area (Å²) in [5.41, 5.74) is 2.22. The van der Waals surface area contributed by atoms with Crippen LogP contribution in [0.1, 0.15) is 24.8 Å². The van der Waals surface area contributed by atoms with Gasteiger partial charge in [0.1, 0.15) is 0 Å². The topological polar surface area (TPSA) is 151 Å². The van der Waals surface area contributed by atoms with Crippen LogP contribution in [0.4, 0.5) is 5.69 Å². The van der Waals surface area contributed by atoms with Gasteiger partial charge in [-0.3, -0.25) is 18.9 Å². The smallest absolute Gasteiger partial charge is 0.377 e. The quantitative estimate of drug-likeness (QED) is 0.269. The zero-order chi connectivity index (χ0) is 22.1. The summed E-state index contributed by atoms with van der Waals surface area (Å²) in [4.78, 5) is 55.9. The molecule has 0 aliphatic carbocycles. The van der Waals surface area contributed by atoms with Crippen LogP contribution < -0.4 is 16.1 Å². The van der Waals surface area contributed by atoms with Crippen LogP contribution in [0.3, 0.4) is 0 Å². The lowest BCUT2D eigenvalue weighted by Crippen LogP contribution is -2.35. The van der Waals surface area contributed by atoms with Gasteiger partial charge in [0.15, 0.2) is 11.2 Å². The molecule has 3 N–H and O–H groups in total. The van der Waals surface area contributed by atoms with Crippen LogP contribution in [0.25, 0.3) is 22.2 Å². The summed E-state index contributed by atoms with van der Waals surface area (Å²) in [6, 6.07) is 3.72. The van der Waals surface area contributed by atoms with Crippen LogP contribution in [-0.2, 0) is 15.6 Å². The third kappa shape index (κ3) is 4.93. The average molecular weight is 437 g/mol. The molecule has 3 aromatic rings. The van der Waals surface area contributed by atoms with Crippen molar-refractivity contribution in [2.45, 2.75) is 32.7 Å². The SMILES string of the molecule is Cc1cc2nc3c(=O)n(CCCCCOP(=O)(O)O)c(=O)[nH]c3nc2cc1N(C)C. The van der Waals surface area contributed by atoms with E-state index >= 15 is 0 Å². The molecule has 0 unspecified atom stereocenters. The number of rotatable bonds is 8. The molecule has 0 radical (unpaired) electrons. The number of hydrogen-bond donors (Lipinski definition) is 3. The van der Waals surface area contributed by atoms with E-state index in [1.165, 1.54) is 0 Å². The van der Waals surface area contributed by atoms with Gasteiger partial charge in [-0.15, -0.1) is 0 Å². The number of benzene rings is 1. The van der Waals surface area contributed by atoms with Gasteiger partial charge in [0.25, 0.3) is 5.56 Å². The van der Waals surface area contributed by atoms with Crippen molar-refractivity contribution in [3.05, 3.63) is 38.5 Å². The largest absolute Gasteiger partial charge is 0.469 e. The molecule has 0 spiro atoms. The first-order valence-corrected chi connectivity index (χ1v) is 10.9. The second-order valence-electron chi connectivity index (χ2n) is 7.21. The Labute approximate surface area is 171 Å². The minimum Gasteiger partial charge on any atom is -0.377 e. The van der Waals surface area contributed by atoms with Crippen LogP contribution in [0.15, 0.2) is 21.7 Å². The van der Waals surface area contributed by atoms with E-state index in [0.29, 0.717) is 30.3 Å². The highest BCUT2D eigenvalue weighted by atomic mass is 31.2. The Balaban J connectivity index is 1.86. The van der Waals surface area contributed by atoms with Crippen molar-refractivity contribution in [1.82, 2.24) is 19.5 Å². The summed E-state index contributed by atoms with van der Waals surface area (Å²) >= 11 is 0. The van der Waals surface area contributed by atoms with Crippen molar-refractivity contribution in [3.63, 3.8) is 0 Å². The summed E-state index contributed by atoms with van der Waals surface area (Å²) in [6.45, 7) is 2.00. The third-order valence-electron chi connectivity index (χ3n) is 4.67. The second-order valence-corrected chi connectivity index (χ2v) is 8.45. The van der Waals surface area contributed by atoms with Gasteiger partial charge in [0, 0.05) is 26.3 Å². The number of anilines is 1. The molecule has 0 saturated heterocycles. The Kier molecular flexibility index (Phi) is 6.37. The van der Waals surface area contributed by atoms with Gasteiger partial charge in [0.05, 0.1) is 17.6 Å². The van der Waals surface area contributed by atoms with E-state index < -0.39 is 19.1 Å². The average Bonchev–Trinajstić information content (AvgIpc) is 2.64. The number of phosphoric ester groups is 1. The van der Waals surface area contributed by atoms with Gasteiger partial charge in [-0.1, -0.05) is 0 Å². The van der Waals surface area contributed by atoms with E-state index in [1.807, 2.05) is 38.1 Å². The Hall–Kier alpha value is -2.59. The molecular formula is C18H24N5O6P. The standard InChI is InChI=1S/C18H24N5O6P/c1-11-9-12-13(10-14(11)22(2)3)20-16-15(19-12)17(24)23(18(25)21-16)7-5-4-6-8-29-30(26,27)28/h9-10H,4-8H2,1-3H3,(H,20,21,25)(H2,26,27,28). The lowest BCUT2D eigenvalue weighted by molar-refractivity contribution is 0.193. The second kappa shape index (κ2) is 8.65. The predicted octanol–water partition coefficient (Wildman–Crippen LogP) is 1.29. The van der Waals surface area contributed by atoms with Gasteiger partial charge in [-0.2, -0.15) is 0 Å². The molecule has 2 aromatic heterocycles. The highest BCUT2D eigenvalue weighted by Gasteiger charge is 2.14. The van der Waals surface area contributed by atoms with Gasteiger partial charge in [0.2, 0.25) is 0 Å². The first kappa shape index (κ1) is 22.1. The molecule has 0 aliphatic heterocycles. The minimum atomic E-state index is -4.48. The highest BCUT2D eigenvalue weighted by Crippen LogP contribution is 2.35. The monoisotopic (exact) mass is 437 g/mol. The van der Waals surface area contributed by atoms with Crippen molar-refractivity contribution in [1.29, 1.82) is 0 Å². The maximum atomic E-state index is 12.8. The molecule has 12 heteroatoms. The first-order valence-electron chi connectivity index (χ1n) is 9.39. The van der Waals surface area contributed by atoms with E-state index in [2.05, 4.69) is 19.5 Å². The Morgan fingerprint density at radius 2 is 1.83 bits per heavy atom. The first-order chi connectivity index (χ1) is 14.1. The molecule has 2 heterocycles. The van der Waals surface area contributed by atoms with Crippen LogP contribution in [0.5, 0.6) is 0 Å². The zero-order valence-corrected chi connectivity index (χ0v) is 17.8. The summed E-state index contributed by atoms with van der Waals surface area (Å²) in [7, 11) is -0.640. The summed E-state index contributed by atoms with van der Waals surface area (Å²) in [5, 5.41) is 0.